The predicted molar refractivity (Wildman–Crippen MR) is 55.8 cm³/mol. The zero-order valence-electron chi connectivity index (χ0n) is 9.22. The molecule has 0 radical (unpaired) electrons. The first kappa shape index (κ1) is 12.9. The zero-order chi connectivity index (χ0) is 11.0. The summed E-state index contributed by atoms with van der Waals surface area (Å²) < 4.78 is 0. The first-order valence-electron chi connectivity index (χ1n) is 5.13. The highest BCUT2D eigenvalue weighted by molar-refractivity contribution is 5.78. The molecule has 2 N–H and O–H groups in total. The van der Waals surface area contributed by atoms with Gasteiger partial charge in [0.05, 0.1) is 0 Å². The Morgan fingerprint density at radius 2 is 1.79 bits per heavy atom. The van der Waals surface area contributed by atoms with Crippen molar-refractivity contribution < 1.29 is 9.59 Å². The highest BCUT2D eigenvalue weighted by Crippen LogP contribution is 1.96. The normalized spacial score (nSPS) is 10.0. The van der Waals surface area contributed by atoms with E-state index in [1.165, 1.54) is 6.92 Å². The Hall–Kier alpha value is -1.06. The van der Waals surface area contributed by atoms with Crippen molar-refractivity contribution in [2.45, 2.75) is 46.1 Å². The van der Waals surface area contributed by atoms with Gasteiger partial charge < -0.3 is 10.6 Å². The van der Waals surface area contributed by atoms with Crippen LogP contribution in [-0.4, -0.2) is 24.4 Å². The standard InChI is InChI=1S/C10H20N2O2/c1-4-9(5-2)12-10(14)6-7-11-8(3)13/h9H,4-7H2,1-3H3,(H,11,13)(H,12,14). The SMILES string of the molecule is CCC(CC)NC(=O)CCNC(C)=O. The van der Waals surface area contributed by atoms with E-state index in [0.717, 1.165) is 12.8 Å². The van der Waals surface area contributed by atoms with E-state index in [-0.39, 0.29) is 17.9 Å². The summed E-state index contributed by atoms with van der Waals surface area (Å²) >= 11 is 0. The molecule has 0 unspecified atom stereocenters. The van der Waals surface area contributed by atoms with Gasteiger partial charge >= 0.3 is 0 Å². The van der Waals surface area contributed by atoms with Crippen LogP contribution < -0.4 is 10.6 Å². The van der Waals surface area contributed by atoms with Crippen molar-refractivity contribution in [3.8, 4) is 0 Å². The van der Waals surface area contributed by atoms with Crippen LogP contribution in [0.25, 0.3) is 0 Å². The van der Waals surface area contributed by atoms with E-state index in [1.807, 2.05) is 13.8 Å². The van der Waals surface area contributed by atoms with Gasteiger partial charge in [0.1, 0.15) is 0 Å². The van der Waals surface area contributed by atoms with Gasteiger partial charge in [0.25, 0.3) is 0 Å². The number of rotatable bonds is 6. The number of hydrogen-bond acceptors (Lipinski definition) is 2. The average molecular weight is 200 g/mol. The van der Waals surface area contributed by atoms with Crippen LogP contribution in [0.4, 0.5) is 0 Å². The third kappa shape index (κ3) is 6.46. The van der Waals surface area contributed by atoms with Crippen molar-refractivity contribution in [1.82, 2.24) is 10.6 Å². The summed E-state index contributed by atoms with van der Waals surface area (Å²) in [4.78, 5) is 21.8. The van der Waals surface area contributed by atoms with E-state index < -0.39 is 0 Å². The fraction of sp³-hybridized carbons (Fsp3) is 0.800. The van der Waals surface area contributed by atoms with Gasteiger partial charge in [0.2, 0.25) is 11.8 Å². The Bertz CT molecular complexity index is 189. The number of amides is 2. The molecule has 0 aromatic rings. The van der Waals surface area contributed by atoms with Crippen molar-refractivity contribution in [3.05, 3.63) is 0 Å². The Morgan fingerprint density at radius 1 is 1.21 bits per heavy atom. The molecule has 0 spiro atoms. The third-order valence-electron chi connectivity index (χ3n) is 2.08. The summed E-state index contributed by atoms with van der Waals surface area (Å²) in [7, 11) is 0. The molecule has 0 bridgehead atoms. The lowest BCUT2D eigenvalue weighted by Gasteiger charge is -2.14. The van der Waals surface area contributed by atoms with E-state index >= 15 is 0 Å². The summed E-state index contributed by atoms with van der Waals surface area (Å²) in [6.45, 7) is 5.95. The largest absolute Gasteiger partial charge is 0.356 e. The molecule has 82 valence electrons. The molecule has 0 aliphatic carbocycles. The molecule has 0 aliphatic heterocycles. The van der Waals surface area contributed by atoms with Gasteiger partial charge in [0.15, 0.2) is 0 Å². The molecule has 0 aliphatic rings. The van der Waals surface area contributed by atoms with Crippen LogP contribution in [0.2, 0.25) is 0 Å². The van der Waals surface area contributed by atoms with Crippen LogP contribution in [-0.2, 0) is 9.59 Å². The van der Waals surface area contributed by atoms with Gasteiger partial charge in [-0.25, -0.2) is 0 Å². The summed E-state index contributed by atoms with van der Waals surface area (Å²) in [5.41, 5.74) is 0. The zero-order valence-corrected chi connectivity index (χ0v) is 9.22. The van der Waals surface area contributed by atoms with Gasteiger partial charge in [-0.3, -0.25) is 9.59 Å². The van der Waals surface area contributed by atoms with Crippen LogP contribution >= 0.6 is 0 Å². The fourth-order valence-corrected chi connectivity index (χ4v) is 1.14. The maximum atomic E-state index is 11.3. The van der Waals surface area contributed by atoms with Crippen molar-refractivity contribution in [3.63, 3.8) is 0 Å². The number of carbonyl (C=O) groups excluding carboxylic acids is 2. The van der Waals surface area contributed by atoms with Gasteiger partial charge in [-0.2, -0.15) is 0 Å². The smallest absolute Gasteiger partial charge is 0.221 e. The first-order valence-corrected chi connectivity index (χ1v) is 5.13. The van der Waals surface area contributed by atoms with Crippen LogP contribution in [0.5, 0.6) is 0 Å². The van der Waals surface area contributed by atoms with Crippen molar-refractivity contribution in [2.75, 3.05) is 6.54 Å². The highest BCUT2D eigenvalue weighted by Gasteiger charge is 2.07. The minimum atomic E-state index is -0.0969. The van der Waals surface area contributed by atoms with E-state index in [2.05, 4.69) is 10.6 Å². The summed E-state index contributed by atoms with van der Waals surface area (Å²) in [5, 5.41) is 5.49. The number of nitrogens with one attached hydrogen (secondary N) is 2. The molecule has 0 rings (SSSR count). The lowest BCUT2D eigenvalue weighted by Crippen LogP contribution is -2.36. The highest BCUT2D eigenvalue weighted by atomic mass is 16.2. The molecular weight excluding hydrogens is 180 g/mol. The molecule has 0 atom stereocenters. The van der Waals surface area contributed by atoms with Gasteiger partial charge in [-0.1, -0.05) is 13.8 Å². The van der Waals surface area contributed by atoms with Crippen LogP contribution in [0.15, 0.2) is 0 Å². The average Bonchev–Trinajstić information content (AvgIpc) is 2.13. The molecule has 14 heavy (non-hydrogen) atoms. The molecule has 0 aromatic carbocycles. The van der Waals surface area contributed by atoms with E-state index in [0.29, 0.717) is 13.0 Å². The van der Waals surface area contributed by atoms with Crippen molar-refractivity contribution >= 4 is 11.8 Å². The summed E-state index contributed by atoms with van der Waals surface area (Å²) in [6.07, 6.45) is 2.25. The molecule has 0 saturated carbocycles. The minimum absolute atomic E-state index is 0.00690. The van der Waals surface area contributed by atoms with Gasteiger partial charge in [0, 0.05) is 25.9 Å². The minimum Gasteiger partial charge on any atom is -0.356 e. The molecule has 2 amide bonds. The van der Waals surface area contributed by atoms with Crippen molar-refractivity contribution in [1.29, 1.82) is 0 Å². The van der Waals surface area contributed by atoms with E-state index in [9.17, 15) is 9.59 Å². The number of carbonyl (C=O) groups is 2. The molecule has 0 fully saturated rings. The summed E-state index contributed by atoms with van der Waals surface area (Å²) in [6, 6.07) is 0.264. The maximum Gasteiger partial charge on any atom is 0.221 e. The Balaban J connectivity index is 3.59. The molecule has 4 heteroatoms. The lowest BCUT2D eigenvalue weighted by molar-refractivity contribution is -0.122. The second kappa shape index (κ2) is 7.35. The lowest BCUT2D eigenvalue weighted by atomic mass is 10.1. The third-order valence-corrected chi connectivity index (χ3v) is 2.08. The predicted octanol–water partition coefficient (Wildman–Crippen LogP) is 0.817. The van der Waals surface area contributed by atoms with E-state index in [1.54, 1.807) is 0 Å². The topological polar surface area (TPSA) is 58.2 Å². The Morgan fingerprint density at radius 3 is 2.21 bits per heavy atom. The van der Waals surface area contributed by atoms with E-state index in [4.69, 9.17) is 0 Å². The van der Waals surface area contributed by atoms with Crippen LogP contribution in [0, 0.1) is 0 Å². The Kier molecular flexibility index (Phi) is 6.80. The summed E-state index contributed by atoms with van der Waals surface area (Å²) in [5.74, 6) is -0.0900. The fourth-order valence-electron chi connectivity index (χ4n) is 1.14. The second-order valence-electron chi connectivity index (χ2n) is 3.31. The van der Waals surface area contributed by atoms with Gasteiger partial charge in [-0.15, -0.1) is 0 Å². The monoisotopic (exact) mass is 200 g/mol. The molecule has 0 heterocycles. The second-order valence-corrected chi connectivity index (χ2v) is 3.31. The Labute approximate surface area is 85.4 Å². The maximum absolute atomic E-state index is 11.3. The molecule has 4 nitrogen and oxygen atoms in total. The van der Waals surface area contributed by atoms with Crippen LogP contribution in [0.3, 0.4) is 0 Å². The van der Waals surface area contributed by atoms with Crippen molar-refractivity contribution in [2.24, 2.45) is 0 Å². The quantitative estimate of drug-likeness (QED) is 0.667. The van der Waals surface area contributed by atoms with Gasteiger partial charge in [-0.05, 0) is 12.8 Å². The molecule has 0 aromatic heterocycles. The number of hydrogen-bond donors (Lipinski definition) is 2. The van der Waals surface area contributed by atoms with Crippen LogP contribution in [0.1, 0.15) is 40.0 Å². The molecule has 0 saturated heterocycles. The molecular formula is C10H20N2O2. The first-order chi connectivity index (χ1) is 6.60.